The lowest BCUT2D eigenvalue weighted by Gasteiger charge is -2.25. The fourth-order valence-electron chi connectivity index (χ4n) is 2.28. The van der Waals surface area contributed by atoms with Crippen LogP contribution in [0.15, 0.2) is 58.5 Å². The van der Waals surface area contributed by atoms with Gasteiger partial charge < -0.3 is 4.74 Å². The van der Waals surface area contributed by atoms with Crippen LogP contribution in [-0.4, -0.2) is 35.0 Å². The number of hydrogen-bond donors (Lipinski definition) is 1. The second-order valence-electron chi connectivity index (χ2n) is 6.16. The molecule has 1 atom stereocenters. The maximum absolute atomic E-state index is 12.2. The van der Waals surface area contributed by atoms with Gasteiger partial charge in [-0.15, -0.1) is 11.8 Å². The normalized spacial score (nSPS) is 15.5. The smallest absolute Gasteiger partial charge is 0.253 e. The molecule has 136 valence electrons. The summed E-state index contributed by atoms with van der Waals surface area (Å²) < 4.78 is 5.86. The van der Waals surface area contributed by atoms with Gasteiger partial charge in [-0.05, 0) is 43.7 Å². The Morgan fingerprint density at radius 1 is 1.31 bits per heavy atom. The molecule has 0 saturated carbocycles. The molecule has 0 radical (unpaired) electrons. The average Bonchev–Trinajstić information content (AvgIpc) is 2.60. The molecule has 1 N–H and O–H groups in total. The molecule has 2 aromatic rings. The molecule has 2 aromatic carbocycles. The zero-order valence-corrected chi connectivity index (χ0v) is 16.5. The first-order chi connectivity index (χ1) is 12.6. The van der Waals surface area contributed by atoms with E-state index in [0.717, 1.165) is 27.7 Å². The van der Waals surface area contributed by atoms with Crippen LogP contribution in [-0.2, 0) is 4.79 Å². The predicted molar refractivity (Wildman–Crippen MR) is 110 cm³/mol. The molecule has 4 nitrogen and oxygen atoms in total. The van der Waals surface area contributed by atoms with Crippen molar-refractivity contribution in [3.63, 3.8) is 0 Å². The van der Waals surface area contributed by atoms with Gasteiger partial charge in [0.25, 0.3) is 5.91 Å². The van der Waals surface area contributed by atoms with E-state index in [4.69, 9.17) is 4.74 Å². The van der Waals surface area contributed by atoms with Crippen LogP contribution in [0.1, 0.15) is 18.1 Å². The number of rotatable bonds is 7. The fourth-order valence-corrected chi connectivity index (χ4v) is 3.70. The number of carbonyl (C=O) groups excluding carboxylic acids is 1. The highest BCUT2D eigenvalue weighted by Crippen LogP contribution is 2.24. The van der Waals surface area contributed by atoms with Gasteiger partial charge in [0, 0.05) is 16.4 Å². The third-order valence-corrected chi connectivity index (χ3v) is 6.19. The number of amides is 1. The number of nitrogens with one attached hydrogen (secondary N) is 1. The van der Waals surface area contributed by atoms with E-state index < -0.39 is 0 Å². The van der Waals surface area contributed by atoms with Crippen LogP contribution >= 0.6 is 23.5 Å². The van der Waals surface area contributed by atoms with Gasteiger partial charge in [-0.3, -0.25) is 4.79 Å². The monoisotopic (exact) mass is 386 g/mol. The minimum Gasteiger partial charge on any atom is -0.489 e. The van der Waals surface area contributed by atoms with Gasteiger partial charge in [0.15, 0.2) is 0 Å². The summed E-state index contributed by atoms with van der Waals surface area (Å²) in [5, 5.41) is 3.85. The minimum absolute atomic E-state index is 0.120. The Balaban J connectivity index is 1.49. The summed E-state index contributed by atoms with van der Waals surface area (Å²) in [6.45, 7) is 3.92. The zero-order valence-electron chi connectivity index (χ0n) is 14.8. The summed E-state index contributed by atoms with van der Waals surface area (Å²) >= 11 is 3.41. The Hall–Kier alpha value is -1.92. The highest BCUT2D eigenvalue weighted by Gasteiger charge is 2.19. The molecular weight excluding hydrogens is 364 g/mol. The van der Waals surface area contributed by atoms with Gasteiger partial charge in [0.2, 0.25) is 0 Å². The molecule has 1 aliphatic rings. The predicted octanol–water partition coefficient (Wildman–Crippen LogP) is 4.12. The highest BCUT2D eigenvalue weighted by molar-refractivity contribution is 8.00. The fraction of sp³-hybridized carbons (Fsp3) is 0.300. The van der Waals surface area contributed by atoms with Crippen LogP contribution in [0.25, 0.3) is 0 Å². The summed E-state index contributed by atoms with van der Waals surface area (Å²) in [6.07, 6.45) is 1.95. The summed E-state index contributed by atoms with van der Waals surface area (Å²) in [5.74, 6) is 2.81. The van der Waals surface area contributed by atoms with Crippen molar-refractivity contribution in [2.75, 3.05) is 11.5 Å². The number of thioether (sulfide) groups is 2. The Morgan fingerprint density at radius 3 is 2.77 bits per heavy atom. The second-order valence-corrected chi connectivity index (χ2v) is 8.65. The summed E-state index contributed by atoms with van der Waals surface area (Å²) in [5.41, 5.74) is 4.71. The van der Waals surface area contributed by atoms with Crippen LogP contribution < -0.4 is 10.2 Å². The van der Waals surface area contributed by atoms with Gasteiger partial charge in [-0.2, -0.15) is 16.9 Å². The van der Waals surface area contributed by atoms with Crippen molar-refractivity contribution in [3.8, 4) is 5.75 Å². The lowest BCUT2D eigenvalue weighted by atomic mass is 10.2. The number of ether oxygens (including phenoxy) is 1. The first kappa shape index (κ1) is 18.9. The Bertz CT molecular complexity index is 774. The molecule has 1 saturated heterocycles. The molecule has 1 amide bonds. The van der Waals surface area contributed by atoms with Crippen molar-refractivity contribution < 1.29 is 9.53 Å². The van der Waals surface area contributed by atoms with E-state index in [0.29, 0.717) is 6.10 Å². The van der Waals surface area contributed by atoms with Crippen LogP contribution in [0.2, 0.25) is 0 Å². The quantitative estimate of drug-likeness (QED) is 0.442. The van der Waals surface area contributed by atoms with Crippen LogP contribution in [0, 0.1) is 6.92 Å². The third-order valence-electron chi connectivity index (χ3n) is 3.86. The molecule has 0 bridgehead atoms. The summed E-state index contributed by atoms with van der Waals surface area (Å²) in [4.78, 5) is 13.3. The first-order valence-corrected chi connectivity index (χ1v) is 10.5. The maximum atomic E-state index is 12.2. The molecular formula is C20H22N2O2S2. The lowest BCUT2D eigenvalue weighted by Crippen LogP contribution is -2.31. The van der Waals surface area contributed by atoms with Gasteiger partial charge in [-0.25, -0.2) is 5.43 Å². The number of carbonyl (C=O) groups is 1. The number of nitrogens with zero attached hydrogens (tertiary/aromatic N) is 1. The Labute approximate surface area is 162 Å². The van der Waals surface area contributed by atoms with E-state index in [1.54, 1.807) is 6.21 Å². The van der Waals surface area contributed by atoms with Gasteiger partial charge in [0.05, 0.1) is 11.5 Å². The molecule has 0 spiro atoms. The van der Waals surface area contributed by atoms with Gasteiger partial charge >= 0.3 is 0 Å². The molecule has 1 fully saturated rings. The van der Waals surface area contributed by atoms with Crippen molar-refractivity contribution in [2.45, 2.75) is 30.1 Å². The Kier molecular flexibility index (Phi) is 6.63. The van der Waals surface area contributed by atoms with E-state index in [-0.39, 0.29) is 11.2 Å². The van der Waals surface area contributed by atoms with E-state index in [1.165, 1.54) is 17.3 Å². The maximum Gasteiger partial charge on any atom is 0.253 e. The topological polar surface area (TPSA) is 50.7 Å². The van der Waals surface area contributed by atoms with E-state index in [2.05, 4.69) is 10.5 Å². The van der Waals surface area contributed by atoms with Crippen LogP contribution in [0.5, 0.6) is 5.75 Å². The zero-order chi connectivity index (χ0) is 18.4. The molecule has 1 aliphatic heterocycles. The van der Waals surface area contributed by atoms with E-state index >= 15 is 0 Å². The lowest BCUT2D eigenvalue weighted by molar-refractivity contribution is -0.120. The summed E-state index contributed by atoms with van der Waals surface area (Å²) in [6, 6.07) is 15.9. The van der Waals surface area contributed by atoms with Crippen molar-refractivity contribution in [1.29, 1.82) is 0 Å². The van der Waals surface area contributed by atoms with Crippen LogP contribution in [0.3, 0.4) is 0 Å². The largest absolute Gasteiger partial charge is 0.489 e. The van der Waals surface area contributed by atoms with E-state index in [9.17, 15) is 4.79 Å². The van der Waals surface area contributed by atoms with E-state index in [1.807, 2.05) is 74.1 Å². The van der Waals surface area contributed by atoms with Crippen molar-refractivity contribution in [3.05, 3.63) is 59.7 Å². The van der Waals surface area contributed by atoms with Crippen LogP contribution in [0.4, 0.5) is 0 Å². The minimum atomic E-state index is -0.222. The molecule has 1 heterocycles. The standard InChI is InChI=1S/C20H22N2O2S2/c1-14-6-8-19(9-7-14)26-15(2)20(23)22-21-11-16-4-3-5-17(10-16)24-18-12-25-13-18/h3-11,15,18H,12-13H2,1-2H3,(H,22,23)/b21-11-/t15-/m0/s1. The molecule has 0 aromatic heterocycles. The third kappa shape index (κ3) is 5.54. The number of benzene rings is 2. The van der Waals surface area contributed by atoms with Gasteiger partial charge in [-0.1, -0.05) is 29.8 Å². The van der Waals surface area contributed by atoms with Crippen molar-refractivity contribution in [1.82, 2.24) is 5.43 Å². The first-order valence-electron chi connectivity index (χ1n) is 8.51. The SMILES string of the molecule is Cc1ccc(S[C@@H](C)C(=O)N/N=C\c2cccc(OC3CSC3)c2)cc1. The molecule has 0 unspecified atom stereocenters. The highest BCUT2D eigenvalue weighted by atomic mass is 32.2. The number of hydrogen-bond acceptors (Lipinski definition) is 5. The average molecular weight is 387 g/mol. The summed E-state index contributed by atoms with van der Waals surface area (Å²) in [7, 11) is 0. The van der Waals surface area contributed by atoms with Crippen molar-refractivity contribution in [2.24, 2.45) is 5.10 Å². The number of aryl methyl sites for hydroxylation is 1. The van der Waals surface area contributed by atoms with Gasteiger partial charge in [0.1, 0.15) is 11.9 Å². The molecule has 0 aliphatic carbocycles. The number of hydrazone groups is 1. The van der Waals surface area contributed by atoms with Crippen molar-refractivity contribution >= 4 is 35.6 Å². The molecule has 3 rings (SSSR count). The second kappa shape index (κ2) is 9.14. The Morgan fingerprint density at radius 2 is 2.08 bits per heavy atom. The molecule has 6 heteroatoms. The molecule has 26 heavy (non-hydrogen) atoms.